The summed E-state index contributed by atoms with van der Waals surface area (Å²) in [7, 11) is 0. The molecule has 5 nitrogen and oxygen atoms in total. The molecule has 0 aliphatic rings. The largest absolute Gasteiger partial charge is 0.379 e. The van der Waals surface area contributed by atoms with Gasteiger partial charge in [0.25, 0.3) is 0 Å². The zero-order chi connectivity index (χ0) is 17.4. The van der Waals surface area contributed by atoms with Crippen molar-refractivity contribution in [3.8, 4) is 0 Å². The summed E-state index contributed by atoms with van der Waals surface area (Å²) in [6.07, 6.45) is 4.62. The standard InChI is InChI=1S/C17H22N4OS2/c1-12(22)20-17-21-15(11-24-17)8-7-13-3-5-14(6-4-13)9-10-19-16(18)23-2/h3-6,11H,7-10H2,1-2H3,(H2,18,19)(H,20,21,22). The van der Waals surface area contributed by atoms with E-state index in [9.17, 15) is 4.79 Å². The molecule has 1 aromatic heterocycles. The van der Waals surface area contributed by atoms with Crippen LogP contribution in [0, 0.1) is 0 Å². The Morgan fingerprint density at radius 3 is 2.54 bits per heavy atom. The molecule has 0 aliphatic carbocycles. The summed E-state index contributed by atoms with van der Waals surface area (Å²) in [5.74, 6) is -0.0879. The van der Waals surface area contributed by atoms with Gasteiger partial charge < -0.3 is 11.1 Å². The summed E-state index contributed by atoms with van der Waals surface area (Å²) in [4.78, 5) is 19.7. The van der Waals surface area contributed by atoms with Gasteiger partial charge >= 0.3 is 0 Å². The van der Waals surface area contributed by atoms with Crippen LogP contribution in [0.3, 0.4) is 0 Å². The molecule has 0 spiro atoms. The first-order chi connectivity index (χ1) is 11.6. The topological polar surface area (TPSA) is 80.4 Å². The molecular formula is C17H22N4OS2. The Morgan fingerprint density at radius 1 is 1.25 bits per heavy atom. The fourth-order valence-electron chi connectivity index (χ4n) is 2.13. The third-order valence-corrected chi connectivity index (χ3v) is 4.76. The minimum Gasteiger partial charge on any atom is -0.379 e. The molecule has 24 heavy (non-hydrogen) atoms. The van der Waals surface area contributed by atoms with E-state index in [1.54, 1.807) is 0 Å². The maximum Gasteiger partial charge on any atom is 0.223 e. The molecule has 3 N–H and O–H groups in total. The van der Waals surface area contributed by atoms with E-state index >= 15 is 0 Å². The van der Waals surface area contributed by atoms with Gasteiger partial charge in [0, 0.05) is 18.8 Å². The van der Waals surface area contributed by atoms with Gasteiger partial charge in [0.2, 0.25) is 5.91 Å². The Hall–Kier alpha value is -1.86. The van der Waals surface area contributed by atoms with Gasteiger partial charge in [-0.3, -0.25) is 9.79 Å². The summed E-state index contributed by atoms with van der Waals surface area (Å²) < 4.78 is 0. The minimum atomic E-state index is -0.0879. The van der Waals surface area contributed by atoms with Crippen LogP contribution in [0.15, 0.2) is 34.6 Å². The normalized spacial score (nSPS) is 11.5. The Bertz CT molecular complexity index is 695. The Labute approximate surface area is 150 Å². The second-order valence-corrected chi connectivity index (χ2v) is 7.00. The number of thiazole rings is 1. The highest BCUT2D eigenvalue weighted by Crippen LogP contribution is 2.17. The monoisotopic (exact) mass is 362 g/mol. The number of carbonyl (C=O) groups is 1. The van der Waals surface area contributed by atoms with Crippen molar-refractivity contribution in [2.24, 2.45) is 10.7 Å². The van der Waals surface area contributed by atoms with Gasteiger partial charge in [-0.25, -0.2) is 4.98 Å². The van der Waals surface area contributed by atoms with Gasteiger partial charge in [0.1, 0.15) is 0 Å². The van der Waals surface area contributed by atoms with Crippen molar-refractivity contribution in [1.29, 1.82) is 0 Å². The van der Waals surface area contributed by atoms with Crippen LogP contribution in [0.5, 0.6) is 0 Å². The number of thioether (sulfide) groups is 1. The molecule has 0 fully saturated rings. The van der Waals surface area contributed by atoms with E-state index in [0.29, 0.717) is 10.3 Å². The molecule has 0 saturated heterocycles. The van der Waals surface area contributed by atoms with E-state index < -0.39 is 0 Å². The van der Waals surface area contributed by atoms with Gasteiger partial charge in [0.15, 0.2) is 10.3 Å². The predicted octanol–water partition coefficient (Wildman–Crippen LogP) is 3.11. The molecule has 2 aromatic rings. The highest BCUT2D eigenvalue weighted by molar-refractivity contribution is 8.13. The lowest BCUT2D eigenvalue weighted by Crippen LogP contribution is -2.07. The van der Waals surface area contributed by atoms with Gasteiger partial charge in [-0.1, -0.05) is 36.0 Å². The number of aryl methyl sites for hydroxylation is 2. The number of nitrogens with zero attached hydrogens (tertiary/aromatic N) is 2. The molecule has 0 unspecified atom stereocenters. The number of carbonyl (C=O) groups excluding carboxylic acids is 1. The zero-order valence-corrected chi connectivity index (χ0v) is 15.5. The molecule has 0 aliphatic heterocycles. The second-order valence-electron chi connectivity index (χ2n) is 5.32. The molecule has 0 atom stereocenters. The second kappa shape index (κ2) is 9.44. The first-order valence-electron chi connectivity index (χ1n) is 7.70. The molecule has 1 amide bonds. The predicted molar refractivity (Wildman–Crippen MR) is 104 cm³/mol. The van der Waals surface area contributed by atoms with Crippen LogP contribution in [-0.4, -0.2) is 28.9 Å². The molecule has 128 valence electrons. The number of hydrogen-bond donors (Lipinski definition) is 2. The SMILES string of the molecule is CSC(N)=NCCc1ccc(CCc2csc(NC(C)=O)n2)cc1. The molecular weight excluding hydrogens is 340 g/mol. The Kier molecular flexibility index (Phi) is 7.27. The average Bonchev–Trinajstić information content (AvgIpc) is 3.00. The third kappa shape index (κ3) is 6.33. The van der Waals surface area contributed by atoms with Crippen molar-refractivity contribution < 1.29 is 4.79 Å². The van der Waals surface area contributed by atoms with Crippen molar-refractivity contribution in [3.63, 3.8) is 0 Å². The smallest absolute Gasteiger partial charge is 0.223 e. The first-order valence-corrected chi connectivity index (χ1v) is 9.81. The van der Waals surface area contributed by atoms with Gasteiger partial charge in [-0.05, 0) is 36.6 Å². The Morgan fingerprint density at radius 2 is 1.92 bits per heavy atom. The van der Waals surface area contributed by atoms with Crippen molar-refractivity contribution in [2.45, 2.75) is 26.2 Å². The number of amidine groups is 1. The van der Waals surface area contributed by atoms with Crippen LogP contribution in [0.2, 0.25) is 0 Å². The quantitative estimate of drug-likeness (QED) is 0.586. The van der Waals surface area contributed by atoms with Gasteiger partial charge in [-0.15, -0.1) is 11.3 Å². The van der Waals surface area contributed by atoms with Crippen molar-refractivity contribution >= 4 is 39.3 Å². The van der Waals surface area contributed by atoms with Crippen LogP contribution in [-0.2, 0) is 24.1 Å². The zero-order valence-electron chi connectivity index (χ0n) is 13.9. The van der Waals surface area contributed by atoms with E-state index in [4.69, 9.17) is 5.73 Å². The number of aromatic nitrogens is 1. The number of anilines is 1. The number of aliphatic imine (C=N–C) groups is 1. The lowest BCUT2D eigenvalue weighted by molar-refractivity contribution is -0.114. The molecule has 1 aromatic carbocycles. The summed E-state index contributed by atoms with van der Waals surface area (Å²) >= 11 is 2.93. The van der Waals surface area contributed by atoms with E-state index in [1.165, 1.54) is 41.1 Å². The van der Waals surface area contributed by atoms with Crippen LogP contribution < -0.4 is 11.1 Å². The summed E-state index contributed by atoms with van der Waals surface area (Å²) in [6, 6.07) is 8.59. The maximum atomic E-state index is 11.0. The van der Waals surface area contributed by atoms with Crippen LogP contribution in [0.25, 0.3) is 0 Å². The molecule has 0 bridgehead atoms. The minimum absolute atomic E-state index is 0.0879. The molecule has 0 radical (unpaired) electrons. The number of hydrogen-bond acceptors (Lipinski definition) is 5. The molecule has 2 rings (SSSR count). The Balaban J connectivity index is 1.81. The summed E-state index contributed by atoms with van der Waals surface area (Å²) in [5, 5.41) is 6.00. The van der Waals surface area contributed by atoms with E-state index in [-0.39, 0.29) is 5.91 Å². The molecule has 0 saturated carbocycles. The van der Waals surface area contributed by atoms with E-state index in [2.05, 4.69) is 39.6 Å². The first kappa shape index (κ1) is 18.5. The lowest BCUT2D eigenvalue weighted by atomic mass is 10.1. The van der Waals surface area contributed by atoms with Crippen LogP contribution in [0.4, 0.5) is 5.13 Å². The third-order valence-electron chi connectivity index (χ3n) is 3.40. The summed E-state index contributed by atoms with van der Waals surface area (Å²) in [5.41, 5.74) is 9.22. The van der Waals surface area contributed by atoms with Crippen molar-refractivity contribution in [1.82, 2.24) is 4.98 Å². The number of nitrogens with two attached hydrogens (primary N) is 1. The fourth-order valence-corrected chi connectivity index (χ4v) is 3.15. The van der Waals surface area contributed by atoms with Crippen LogP contribution in [0.1, 0.15) is 23.7 Å². The van der Waals surface area contributed by atoms with Crippen LogP contribution >= 0.6 is 23.1 Å². The van der Waals surface area contributed by atoms with Gasteiger partial charge in [-0.2, -0.15) is 0 Å². The highest BCUT2D eigenvalue weighted by Gasteiger charge is 2.04. The number of benzene rings is 1. The number of amides is 1. The summed E-state index contributed by atoms with van der Waals surface area (Å²) in [6.45, 7) is 2.21. The van der Waals surface area contributed by atoms with E-state index in [0.717, 1.165) is 31.5 Å². The van der Waals surface area contributed by atoms with Crippen molar-refractivity contribution in [2.75, 3.05) is 18.1 Å². The number of nitrogens with one attached hydrogen (secondary N) is 1. The molecule has 7 heteroatoms. The lowest BCUT2D eigenvalue weighted by Gasteiger charge is -2.03. The van der Waals surface area contributed by atoms with Crippen molar-refractivity contribution in [3.05, 3.63) is 46.5 Å². The highest BCUT2D eigenvalue weighted by atomic mass is 32.2. The molecule has 1 heterocycles. The number of rotatable bonds is 7. The fraction of sp³-hybridized carbons (Fsp3) is 0.353. The van der Waals surface area contributed by atoms with Gasteiger partial charge in [0.05, 0.1) is 5.69 Å². The maximum absolute atomic E-state index is 11.0. The average molecular weight is 363 g/mol. The van der Waals surface area contributed by atoms with E-state index in [1.807, 2.05) is 11.6 Å².